The molecule has 1 aliphatic rings. The van der Waals surface area contributed by atoms with Crippen molar-refractivity contribution in [1.82, 2.24) is 9.88 Å². The van der Waals surface area contributed by atoms with Crippen molar-refractivity contribution in [2.45, 2.75) is 25.3 Å². The maximum Gasteiger partial charge on any atom is 0.308 e. The smallest absolute Gasteiger partial charge is 0.308 e. The van der Waals surface area contributed by atoms with Crippen molar-refractivity contribution >= 4 is 17.3 Å². The number of rotatable bonds is 2. The fraction of sp³-hybridized carbons (Fsp3) is 0.636. The van der Waals surface area contributed by atoms with Gasteiger partial charge >= 0.3 is 5.97 Å². The highest BCUT2D eigenvalue weighted by molar-refractivity contribution is 7.09. The monoisotopic (exact) mass is 240 g/mol. The van der Waals surface area contributed by atoms with Gasteiger partial charge in [-0.3, -0.25) is 14.7 Å². The van der Waals surface area contributed by atoms with Gasteiger partial charge in [0.25, 0.3) is 0 Å². The lowest BCUT2D eigenvalue weighted by Gasteiger charge is -2.28. The number of aromatic nitrogens is 1. The second-order valence-corrected chi connectivity index (χ2v) is 5.19. The highest BCUT2D eigenvalue weighted by Gasteiger charge is 2.34. The van der Waals surface area contributed by atoms with Crippen LogP contribution in [0.25, 0.3) is 0 Å². The zero-order chi connectivity index (χ0) is 11.5. The van der Waals surface area contributed by atoms with Crippen LogP contribution in [0.5, 0.6) is 0 Å². The summed E-state index contributed by atoms with van der Waals surface area (Å²) in [6, 6.07) is -0.00694. The first-order chi connectivity index (χ1) is 7.70. The van der Waals surface area contributed by atoms with E-state index in [9.17, 15) is 9.90 Å². The van der Waals surface area contributed by atoms with Crippen molar-refractivity contribution < 1.29 is 9.90 Å². The number of aliphatic carboxylic acids is 1. The van der Waals surface area contributed by atoms with E-state index in [0.29, 0.717) is 0 Å². The Morgan fingerprint density at radius 1 is 1.62 bits per heavy atom. The first kappa shape index (κ1) is 11.5. The number of thiazole rings is 1. The molecule has 0 saturated carbocycles. The molecule has 4 nitrogen and oxygen atoms in total. The lowest BCUT2D eigenvalue weighted by atomic mass is 9.94. The normalized spacial score (nSPS) is 27.6. The molecule has 16 heavy (non-hydrogen) atoms. The van der Waals surface area contributed by atoms with E-state index in [-0.39, 0.29) is 12.0 Å². The van der Waals surface area contributed by atoms with Crippen LogP contribution in [0.3, 0.4) is 0 Å². The van der Waals surface area contributed by atoms with Crippen LogP contribution in [0, 0.1) is 5.92 Å². The van der Waals surface area contributed by atoms with Crippen LogP contribution in [-0.2, 0) is 4.79 Å². The number of hydrogen-bond acceptors (Lipinski definition) is 4. The van der Waals surface area contributed by atoms with Gasteiger partial charge in [-0.25, -0.2) is 0 Å². The predicted molar refractivity (Wildman–Crippen MR) is 62.5 cm³/mol. The van der Waals surface area contributed by atoms with Crippen LogP contribution < -0.4 is 0 Å². The molecule has 0 amide bonds. The summed E-state index contributed by atoms with van der Waals surface area (Å²) in [7, 11) is 2.01. The molecular formula is C11H16N2O2S. The largest absolute Gasteiger partial charge is 0.481 e. The average molecular weight is 240 g/mol. The molecule has 88 valence electrons. The molecule has 1 N–H and O–H groups in total. The molecule has 2 heterocycles. The Kier molecular flexibility index (Phi) is 3.56. The van der Waals surface area contributed by atoms with E-state index in [0.717, 1.165) is 30.7 Å². The molecule has 1 aromatic rings. The Morgan fingerprint density at radius 3 is 3.06 bits per heavy atom. The Bertz CT molecular complexity index is 353. The third kappa shape index (κ3) is 2.25. The van der Waals surface area contributed by atoms with Gasteiger partial charge in [0, 0.05) is 11.1 Å². The van der Waals surface area contributed by atoms with E-state index in [1.54, 1.807) is 23.0 Å². The van der Waals surface area contributed by atoms with Gasteiger partial charge in [0.1, 0.15) is 0 Å². The first-order valence-electron chi connectivity index (χ1n) is 5.51. The van der Waals surface area contributed by atoms with Crippen LogP contribution in [-0.4, -0.2) is 34.6 Å². The van der Waals surface area contributed by atoms with Crippen molar-refractivity contribution in [2.75, 3.05) is 13.6 Å². The van der Waals surface area contributed by atoms with Crippen molar-refractivity contribution in [1.29, 1.82) is 0 Å². The van der Waals surface area contributed by atoms with E-state index >= 15 is 0 Å². The van der Waals surface area contributed by atoms with Crippen LogP contribution in [0.2, 0.25) is 0 Å². The van der Waals surface area contributed by atoms with Gasteiger partial charge in [0.15, 0.2) is 0 Å². The molecule has 0 spiro atoms. The molecule has 5 heteroatoms. The second kappa shape index (κ2) is 4.93. The molecule has 1 aromatic heterocycles. The Hall–Kier alpha value is -0.940. The molecule has 2 atom stereocenters. The fourth-order valence-electron chi connectivity index (χ4n) is 2.38. The maximum absolute atomic E-state index is 11.3. The summed E-state index contributed by atoms with van der Waals surface area (Å²) in [5.74, 6) is -0.986. The zero-order valence-corrected chi connectivity index (χ0v) is 10.1. The summed E-state index contributed by atoms with van der Waals surface area (Å²) in [5, 5.41) is 9.31. The van der Waals surface area contributed by atoms with E-state index in [1.165, 1.54) is 0 Å². The van der Waals surface area contributed by atoms with Gasteiger partial charge in [-0.2, -0.15) is 0 Å². The maximum atomic E-state index is 11.3. The van der Waals surface area contributed by atoms with Crippen LogP contribution in [0.1, 0.15) is 30.2 Å². The van der Waals surface area contributed by atoms with E-state index in [1.807, 2.05) is 7.05 Å². The van der Waals surface area contributed by atoms with Crippen LogP contribution >= 0.6 is 11.3 Å². The molecule has 0 radical (unpaired) electrons. The summed E-state index contributed by atoms with van der Waals surface area (Å²) in [6.45, 7) is 0.965. The molecular weight excluding hydrogens is 224 g/mol. The zero-order valence-electron chi connectivity index (χ0n) is 9.30. The lowest BCUT2D eigenvalue weighted by molar-refractivity contribution is -0.144. The molecule has 1 saturated heterocycles. The number of hydrogen-bond donors (Lipinski definition) is 1. The van der Waals surface area contributed by atoms with E-state index in [2.05, 4.69) is 9.88 Å². The molecule has 0 unspecified atom stereocenters. The minimum Gasteiger partial charge on any atom is -0.481 e. The fourth-order valence-corrected chi connectivity index (χ4v) is 3.22. The van der Waals surface area contributed by atoms with Gasteiger partial charge in [-0.15, -0.1) is 11.3 Å². The molecule has 0 bridgehead atoms. The predicted octanol–water partition coefficient (Wildman–Crippen LogP) is 2.00. The van der Waals surface area contributed by atoms with E-state index < -0.39 is 5.97 Å². The average Bonchev–Trinajstić information content (AvgIpc) is 2.68. The third-order valence-corrected chi connectivity index (χ3v) is 4.04. The van der Waals surface area contributed by atoms with Crippen molar-refractivity contribution in [3.63, 3.8) is 0 Å². The molecule has 0 aliphatic carbocycles. The number of carboxylic acids is 1. The molecule has 0 aromatic carbocycles. The summed E-state index contributed by atoms with van der Waals surface area (Å²) >= 11 is 1.55. The van der Waals surface area contributed by atoms with Crippen molar-refractivity contribution in [2.24, 2.45) is 5.92 Å². The number of nitrogens with zero attached hydrogens (tertiary/aromatic N) is 2. The highest BCUT2D eigenvalue weighted by Crippen LogP contribution is 2.35. The van der Waals surface area contributed by atoms with Crippen molar-refractivity contribution in [3.05, 3.63) is 16.6 Å². The topological polar surface area (TPSA) is 53.4 Å². The van der Waals surface area contributed by atoms with Gasteiger partial charge in [0.05, 0.1) is 17.5 Å². The SMILES string of the molecule is CN1CCCC[C@H](C(=O)O)[C@H]1c1cncs1. The minimum absolute atomic E-state index is 0.00694. The summed E-state index contributed by atoms with van der Waals surface area (Å²) in [4.78, 5) is 18.6. The molecule has 2 rings (SSSR count). The summed E-state index contributed by atoms with van der Waals surface area (Å²) in [5.41, 5.74) is 1.77. The van der Waals surface area contributed by atoms with Gasteiger partial charge < -0.3 is 5.11 Å². The van der Waals surface area contributed by atoms with Gasteiger partial charge in [-0.1, -0.05) is 6.42 Å². The minimum atomic E-state index is -0.688. The lowest BCUT2D eigenvalue weighted by Crippen LogP contribution is -2.32. The van der Waals surface area contributed by atoms with Gasteiger partial charge in [0.2, 0.25) is 0 Å². The van der Waals surface area contributed by atoms with E-state index in [4.69, 9.17) is 0 Å². The third-order valence-electron chi connectivity index (χ3n) is 3.19. The Labute approximate surface area is 98.9 Å². The first-order valence-corrected chi connectivity index (χ1v) is 6.39. The van der Waals surface area contributed by atoms with Crippen LogP contribution in [0.15, 0.2) is 11.7 Å². The summed E-state index contributed by atoms with van der Waals surface area (Å²) < 4.78 is 0. The quantitative estimate of drug-likeness (QED) is 0.859. The standard InChI is InChI=1S/C11H16N2O2S/c1-13-5-3-2-4-8(11(14)15)10(13)9-6-12-7-16-9/h6-8,10H,2-5H2,1H3,(H,14,15)/t8-,10-/m0/s1. The Balaban J connectivity index is 2.29. The van der Waals surface area contributed by atoms with Crippen LogP contribution in [0.4, 0.5) is 0 Å². The second-order valence-electron chi connectivity index (χ2n) is 4.27. The molecule has 1 aliphatic heterocycles. The number of carbonyl (C=O) groups is 1. The molecule has 1 fully saturated rings. The van der Waals surface area contributed by atoms with Crippen molar-refractivity contribution in [3.8, 4) is 0 Å². The Morgan fingerprint density at radius 2 is 2.44 bits per heavy atom. The summed E-state index contributed by atoms with van der Waals surface area (Å²) in [6.07, 6.45) is 4.64. The highest BCUT2D eigenvalue weighted by atomic mass is 32.1. The number of carboxylic acid groups (broad SMARTS) is 1. The number of likely N-dealkylation sites (tertiary alicyclic amines) is 1. The van der Waals surface area contributed by atoms with Gasteiger partial charge in [-0.05, 0) is 26.4 Å².